The van der Waals surface area contributed by atoms with Gasteiger partial charge >= 0.3 is 5.97 Å². The molecule has 138 valence electrons. The number of carbonyl (C=O) groups excluding carboxylic acids is 2. The van der Waals surface area contributed by atoms with E-state index in [1.165, 1.54) is 0 Å². The van der Waals surface area contributed by atoms with Gasteiger partial charge in [-0.1, -0.05) is 17.7 Å². The molecular formula is C18H16ClN5O3. The second-order valence-corrected chi connectivity index (χ2v) is 6.22. The van der Waals surface area contributed by atoms with Crippen molar-refractivity contribution in [2.24, 2.45) is 0 Å². The Kier molecular flexibility index (Phi) is 5.23. The first-order chi connectivity index (χ1) is 12.9. The first kappa shape index (κ1) is 18.6. The van der Waals surface area contributed by atoms with Crippen molar-refractivity contribution in [2.75, 3.05) is 25.5 Å². The number of fused-ring (bicyclic) bond motifs is 1. The van der Waals surface area contributed by atoms with E-state index in [2.05, 4.69) is 15.3 Å². The van der Waals surface area contributed by atoms with Crippen LogP contribution in [0.1, 0.15) is 28.5 Å². The first-order valence-corrected chi connectivity index (χ1v) is 8.58. The molecule has 0 radical (unpaired) electrons. The summed E-state index contributed by atoms with van der Waals surface area (Å²) in [4.78, 5) is 33.8. The molecule has 1 N–H and O–H groups in total. The van der Waals surface area contributed by atoms with Crippen LogP contribution in [0.15, 0.2) is 18.2 Å². The molecule has 0 saturated carbocycles. The average molecular weight is 386 g/mol. The summed E-state index contributed by atoms with van der Waals surface area (Å²) in [5, 5.41) is 12.0. The fraction of sp³-hybridized carbons (Fsp3) is 0.278. The molecule has 1 amide bonds. The summed E-state index contributed by atoms with van der Waals surface area (Å²) < 4.78 is 4.89. The Labute approximate surface area is 160 Å². The molecule has 0 spiro atoms. The first-order valence-electron chi connectivity index (χ1n) is 8.20. The quantitative estimate of drug-likeness (QED) is 0.786. The molecule has 1 aromatic heterocycles. The lowest BCUT2D eigenvalue weighted by Gasteiger charge is -2.12. The van der Waals surface area contributed by atoms with Crippen molar-refractivity contribution < 1.29 is 14.3 Å². The van der Waals surface area contributed by atoms with Crippen molar-refractivity contribution in [3.05, 3.63) is 40.2 Å². The van der Waals surface area contributed by atoms with Crippen LogP contribution in [-0.2, 0) is 16.1 Å². The van der Waals surface area contributed by atoms with E-state index in [0.717, 1.165) is 5.56 Å². The van der Waals surface area contributed by atoms with Gasteiger partial charge in [-0.15, -0.1) is 0 Å². The lowest BCUT2D eigenvalue weighted by molar-refractivity contribution is -0.140. The summed E-state index contributed by atoms with van der Waals surface area (Å²) in [7, 11) is 1.73. The van der Waals surface area contributed by atoms with E-state index in [9.17, 15) is 14.9 Å². The van der Waals surface area contributed by atoms with E-state index in [0.29, 0.717) is 23.4 Å². The predicted molar refractivity (Wildman–Crippen MR) is 98.1 cm³/mol. The number of hydrogen-bond acceptors (Lipinski definition) is 7. The highest BCUT2D eigenvalue weighted by Gasteiger charge is 2.25. The summed E-state index contributed by atoms with van der Waals surface area (Å²) in [6.07, 6.45) is 0. The molecule has 1 aliphatic rings. The number of halogens is 1. The van der Waals surface area contributed by atoms with Crippen LogP contribution in [-0.4, -0.2) is 46.9 Å². The molecule has 0 atom stereocenters. The van der Waals surface area contributed by atoms with E-state index < -0.39 is 5.97 Å². The maximum atomic E-state index is 12.1. The largest absolute Gasteiger partial charge is 0.465 e. The van der Waals surface area contributed by atoms with Gasteiger partial charge in [-0.25, -0.2) is 9.97 Å². The summed E-state index contributed by atoms with van der Waals surface area (Å²) in [6.45, 7) is 2.34. The molecule has 8 nitrogen and oxygen atoms in total. The van der Waals surface area contributed by atoms with Gasteiger partial charge < -0.3 is 15.0 Å². The van der Waals surface area contributed by atoms with Crippen molar-refractivity contribution >= 4 is 29.3 Å². The Morgan fingerprint density at radius 1 is 1.44 bits per heavy atom. The maximum Gasteiger partial charge on any atom is 0.325 e. The third kappa shape index (κ3) is 3.68. The van der Waals surface area contributed by atoms with Gasteiger partial charge in [-0.3, -0.25) is 9.59 Å². The Morgan fingerprint density at radius 2 is 2.22 bits per heavy atom. The van der Waals surface area contributed by atoms with E-state index in [1.54, 1.807) is 31.0 Å². The standard InChI is InChI=1S/C18H16ClN5O3/c1-3-27-14(25)8-21-17-15(22-13(7-20)16(19)23-17)10-4-5-12-11(6-10)9-24(2)18(12)26/h4-6H,3,8-9H2,1-2H3,(H,21,23). The lowest BCUT2D eigenvalue weighted by atomic mass is 10.0. The van der Waals surface area contributed by atoms with E-state index >= 15 is 0 Å². The Balaban J connectivity index is 2.01. The summed E-state index contributed by atoms with van der Waals surface area (Å²) in [6, 6.07) is 7.16. The fourth-order valence-electron chi connectivity index (χ4n) is 2.79. The molecule has 2 aromatic rings. The molecule has 3 rings (SSSR count). The molecule has 27 heavy (non-hydrogen) atoms. The van der Waals surface area contributed by atoms with Crippen LogP contribution in [0, 0.1) is 11.3 Å². The highest BCUT2D eigenvalue weighted by atomic mass is 35.5. The Morgan fingerprint density at radius 3 is 2.93 bits per heavy atom. The zero-order valence-electron chi connectivity index (χ0n) is 14.7. The summed E-state index contributed by atoms with van der Waals surface area (Å²) in [5.41, 5.74) is 2.48. The fourth-order valence-corrected chi connectivity index (χ4v) is 2.96. The Bertz CT molecular complexity index is 970. The number of nitrogens with zero attached hydrogens (tertiary/aromatic N) is 4. The molecule has 9 heteroatoms. The SMILES string of the molecule is CCOC(=O)CNc1nc(Cl)c(C#N)nc1-c1ccc2c(c1)CN(C)C2=O. The van der Waals surface area contributed by atoms with Gasteiger partial charge in [0.15, 0.2) is 16.7 Å². The van der Waals surface area contributed by atoms with Crippen LogP contribution in [0.2, 0.25) is 5.15 Å². The molecule has 1 aliphatic heterocycles. The zero-order valence-corrected chi connectivity index (χ0v) is 15.5. The molecule has 0 aliphatic carbocycles. The minimum Gasteiger partial charge on any atom is -0.465 e. The monoisotopic (exact) mass is 385 g/mol. The van der Waals surface area contributed by atoms with Crippen molar-refractivity contribution in [1.82, 2.24) is 14.9 Å². The molecule has 0 bridgehead atoms. The van der Waals surface area contributed by atoms with E-state index in [-0.39, 0.29) is 35.7 Å². The number of ether oxygens (including phenoxy) is 1. The normalized spacial score (nSPS) is 12.5. The van der Waals surface area contributed by atoms with E-state index in [1.807, 2.05) is 12.1 Å². The van der Waals surface area contributed by atoms with Crippen LogP contribution in [0.5, 0.6) is 0 Å². The van der Waals surface area contributed by atoms with Gasteiger partial charge in [0.2, 0.25) is 0 Å². The average Bonchev–Trinajstić information content (AvgIpc) is 2.93. The van der Waals surface area contributed by atoms with Gasteiger partial charge in [-0.05, 0) is 24.6 Å². The van der Waals surface area contributed by atoms with Gasteiger partial charge in [0.05, 0.1) is 6.61 Å². The third-order valence-corrected chi connectivity index (χ3v) is 4.29. The zero-order chi connectivity index (χ0) is 19.6. The molecule has 0 unspecified atom stereocenters. The molecule has 0 saturated heterocycles. The number of aromatic nitrogens is 2. The van der Waals surface area contributed by atoms with Gasteiger partial charge in [0.25, 0.3) is 5.91 Å². The van der Waals surface area contributed by atoms with Crippen molar-refractivity contribution in [3.8, 4) is 17.3 Å². The number of anilines is 1. The summed E-state index contributed by atoms with van der Waals surface area (Å²) >= 11 is 5.99. The number of nitriles is 1. The molecular weight excluding hydrogens is 370 g/mol. The van der Waals surface area contributed by atoms with Gasteiger partial charge in [0.1, 0.15) is 18.3 Å². The topological polar surface area (TPSA) is 108 Å². The maximum absolute atomic E-state index is 12.1. The smallest absolute Gasteiger partial charge is 0.325 e. The van der Waals surface area contributed by atoms with Crippen LogP contribution in [0.3, 0.4) is 0 Å². The second-order valence-electron chi connectivity index (χ2n) is 5.86. The highest BCUT2D eigenvalue weighted by molar-refractivity contribution is 6.30. The molecule has 2 heterocycles. The van der Waals surface area contributed by atoms with Crippen LogP contribution >= 0.6 is 11.6 Å². The van der Waals surface area contributed by atoms with Gasteiger partial charge in [-0.2, -0.15) is 5.26 Å². The van der Waals surface area contributed by atoms with Gasteiger partial charge in [0, 0.05) is 24.7 Å². The van der Waals surface area contributed by atoms with Crippen molar-refractivity contribution in [1.29, 1.82) is 5.26 Å². The van der Waals surface area contributed by atoms with E-state index in [4.69, 9.17) is 16.3 Å². The lowest BCUT2D eigenvalue weighted by Crippen LogP contribution is -2.18. The van der Waals surface area contributed by atoms with Crippen LogP contribution in [0.4, 0.5) is 5.82 Å². The van der Waals surface area contributed by atoms with Crippen molar-refractivity contribution in [3.63, 3.8) is 0 Å². The van der Waals surface area contributed by atoms with Crippen molar-refractivity contribution in [2.45, 2.75) is 13.5 Å². The number of carbonyl (C=O) groups is 2. The summed E-state index contributed by atoms with van der Waals surface area (Å²) in [5.74, 6) is -0.242. The minimum absolute atomic E-state index is 0.0259. The molecule has 1 aromatic carbocycles. The number of rotatable bonds is 5. The second kappa shape index (κ2) is 7.60. The molecule has 0 fully saturated rings. The number of benzene rings is 1. The predicted octanol–water partition coefficient (Wildman–Crippen LogP) is 2.23. The Hall–Kier alpha value is -3.18. The highest BCUT2D eigenvalue weighted by Crippen LogP contribution is 2.31. The number of amides is 1. The van der Waals surface area contributed by atoms with Crippen LogP contribution in [0.25, 0.3) is 11.3 Å². The number of nitrogens with one attached hydrogen (secondary N) is 1. The minimum atomic E-state index is -0.452. The van der Waals surface area contributed by atoms with Crippen LogP contribution < -0.4 is 5.32 Å². The number of hydrogen-bond donors (Lipinski definition) is 1. The number of esters is 1. The third-order valence-electron chi connectivity index (χ3n) is 4.03.